The Morgan fingerprint density at radius 3 is 2.77 bits per heavy atom. The van der Waals surface area contributed by atoms with E-state index in [9.17, 15) is 13.2 Å². The standard InChI is InChI=1S/C22H23F3N4O/c1-5-6-13-7-8-14(11-16(13)22(23,24)25)20-26-19(28-30-20)18-15-9-10-21(2,3)12-17(15)29(4)27-18/h5,7-8,11H,1,6,9-10,12H2,2-4H3. The largest absolute Gasteiger partial charge is 0.416 e. The SMILES string of the molecule is C=CCc1ccc(-c2nc(-c3nn(C)c4c3CCC(C)(C)C4)no2)cc1C(F)(F)F. The molecule has 0 radical (unpaired) electrons. The second-order valence-electron chi connectivity index (χ2n) is 8.52. The fourth-order valence-corrected chi connectivity index (χ4v) is 4.02. The second-order valence-corrected chi connectivity index (χ2v) is 8.52. The number of fused-ring (bicyclic) bond motifs is 1. The number of aromatic nitrogens is 4. The quantitative estimate of drug-likeness (QED) is 0.535. The number of allylic oxidation sites excluding steroid dienone is 1. The molecule has 0 spiro atoms. The van der Waals surface area contributed by atoms with Crippen LogP contribution in [-0.2, 0) is 32.5 Å². The molecule has 1 aliphatic carbocycles. The van der Waals surface area contributed by atoms with Crippen LogP contribution in [0.25, 0.3) is 23.0 Å². The molecule has 8 heteroatoms. The molecule has 2 aromatic heterocycles. The minimum Gasteiger partial charge on any atom is -0.334 e. The van der Waals surface area contributed by atoms with Crippen molar-refractivity contribution in [3.05, 3.63) is 53.2 Å². The lowest BCUT2D eigenvalue weighted by Gasteiger charge is -2.29. The monoisotopic (exact) mass is 416 g/mol. The summed E-state index contributed by atoms with van der Waals surface area (Å²) < 4.78 is 47.6. The van der Waals surface area contributed by atoms with Gasteiger partial charge in [0.05, 0.1) is 5.56 Å². The first-order valence-electron chi connectivity index (χ1n) is 9.79. The van der Waals surface area contributed by atoms with Crippen LogP contribution >= 0.6 is 0 Å². The first kappa shape index (κ1) is 20.4. The summed E-state index contributed by atoms with van der Waals surface area (Å²) in [4.78, 5) is 4.37. The first-order chi connectivity index (χ1) is 14.1. The van der Waals surface area contributed by atoms with Crippen molar-refractivity contribution >= 4 is 0 Å². The Labute approximate surface area is 172 Å². The zero-order chi connectivity index (χ0) is 21.7. The van der Waals surface area contributed by atoms with Crippen molar-refractivity contribution in [2.75, 3.05) is 0 Å². The first-order valence-corrected chi connectivity index (χ1v) is 9.79. The van der Waals surface area contributed by atoms with Gasteiger partial charge in [-0.1, -0.05) is 31.1 Å². The van der Waals surface area contributed by atoms with E-state index in [0.29, 0.717) is 11.5 Å². The molecule has 158 valence electrons. The highest BCUT2D eigenvalue weighted by atomic mass is 19.4. The Morgan fingerprint density at radius 2 is 2.07 bits per heavy atom. The molecular formula is C22H23F3N4O. The van der Waals surface area contributed by atoms with Gasteiger partial charge in [-0.3, -0.25) is 4.68 Å². The maximum atomic E-state index is 13.5. The maximum absolute atomic E-state index is 13.5. The van der Waals surface area contributed by atoms with E-state index in [4.69, 9.17) is 4.52 Å². The molecule has 0 unspecified atom stereocenters. The van der Waals surface area contributed by atoms with Crippen molar-refractivity contribution in [1.29, 1.82) is 0 Å². The number of alkyl halides is 3. The fourth-order valence-electron chi connectivity index (χ4n) is 4.02. The van der Waals surface area contributed by atoms with E-state index >= 15 is 0 Å². The van der Waals surface area contributed by atoms with Crippen LogP contribution in [0.1, 0.15) is 42.7 Å². The smallest absolute Gasteiger partial charge is 0.334 e. The Balaban J connectivity index is 1.72. The van der Waals surface area contributed by atoms with Crippen molar-refractivity contribution in [2.45, 2.75) is 45.7 Å². The highest BCUT2D eigenvalue weighted by molar-refractivity contribution is 5.62. The van der Waals surface area contributed by atoms with Gasteiger partial charge in [-0.25, -0.2) is 0 Å². The Bertz CT molecular complexity index is 1110. The van der Waals surface area contributed by atoms with Gasteiger partial charge in [0.15, 0.2) is 0 Å². The van der Waals surface area contributed by atoms with Crippen LogP contribution in [0.5, 0.6) is 0 Å². The fraction of sp³-hybridized carbons (Fsp3) is 0.409. The van der Waals surface area contributed by atoms with Gasteiger partial charge in [-0.05, 0) is 48.8 Å². The molecular weight excluding hydrogens is 393 g/mol. The summed E-state index contributed by atoms with van der Waals surface area (Å²) in [5, 5.41) is 8.58. The summed E-state index contributed by atoms with van der Waals surface area (Å²) in [6.07, 6.45) is -0.144. The Hall–Kier alpha value is -2.90. The molecule has 2 heterocycles. The molecule has 4 rings (SSSR count). The number of hydrogen-bond acceptors (Lipinski definition) is 4. The van der Waals surface area contributed by atoms with E-state index in [1.807, 2.05) is 11.7 Å². The van der Waals surface area contributed by atoms with Crippen LogP contribution in [0.15, 0.2) is 35.4 Å². The molecule has 1 aliphatic rings. The molecule has 0 atom stereocenters. The summed E-state index contributed by atoms with van der Waals surface area (Å²) in [5.74, 6) is 0.335. The molecule has 0 amide bonds. The van der Waals surface area contributed by atoms with Gasteiger partial charge in [-0.2, -0.15) is 23.3 Å². The summed E-state index contributed by atoms with van der Waals surface area (Å²) >= 11 is 0. The minimum atomic E-state index is -4.48. The molecule has 5 nitrogen and oxygen atoms in total. The third-order valence-electron chi connectivity index (χ3n) is 5.64. The Kier molecular flexibility index (Phi) is 4.83. The average molecular weight is 416 g/mol. The zero-order valence-corrected chi connectivity index (χ0v) is 17.2. The lowest BCUT2D eigenvalue weighted by atomic mass is 9.76. The summed E-state index contributed by atoms with van der Waals surface area (Å²) in [6.45, 7) is 7.98. The third kappa shape index (κ3) is 3.66. The van der Waals surface area contributed by atoms with Crippen molar-refractivity contribution in [1.82, 2.24) is 19.9 Å². The normalized spacial score (nSPS) is 15.8. The molecule has 0 fully saturated rings. The topological polar surface area (TPSA) is 56.7 Å². The summed E-state index contributed by atoms with van der Waals surface area (Å²) in [5.41, 5.74) is 2.71. The van der Waals surface area contributed by atoms with Crippen LogP contribution in [0.2, 0.25) is 0 Å². The lowest BCUT2D eigenvalue weighted by Crippen LogP contribution is -2.23. The van der Waals surface area contributed by atoms with Gasteiger partial charge in [0.25, 0.3) is 5.89 Å². The highest BCUT2D eigenvalue weighted by Gasteiger charge is 2.34. The predicted octanol–water partition coefficient (Wildman–Crippen LogP) is 5.40. The average Bonchev–Trinajstić information content (AvgIpc) is 3.26. The van der Waals surface area contributed by atoms with Crippen LogP contribution in [0, 0.1) is 5.41 Å². The van der Waals surface area contributed by atoms with Crippen molar-refractivity contribution in [3.63, 3.8) is 0 Å². The number of hydrogen-bond donors (Lipinski definition) is 0. The third-order valence-corrected chi connectivity index (χ3v) is 5.64. The summed E-state index contributed by atoms with van der Waals surface area (Å²) in [6, 6.07) is 4.03. The number of benzene rings is 1. The molecule has 0 saturated heterocycles. The number of halogens is 3. The molecule has 0 N–H and O–H groups in total. The van der Waals surface area contributed by atoms with E-state index < -0.39 is 11.7 Å². The maximum Gasteiger partial charge on any atom is 0.416 e. The molecule has 0 saturated carbocycles. The number of rotatable bonds is 4. The number of aryl methyl sites for hydroxylation is 1. The van der Waals surface area contributed by atoms with Crippen LogP contribution in [-0.4, -0.2) is 19.9 Å². The van der Waals surface area contributed by atoms with E-state index in [1.54, 1.807) is 6.07 Å². The predicted molar refractivity (Wildman–Crippen MR) is 107 cm³/mol. The van der Waals surface area contributed by atoms with E-state index in [2.05, 4.69) is 35.7 Å². The van der Waals surface area contributed by atoms with Gasteiger partial charge in [0.2, 0.25) is 5.82 Å². The van der Waals surface area contributed by atoms with Gasteiger partial charge in [0.1, 0.15) is 5.69 Å². The zero-order valence-electron chi connectivity index (χ0n) is 17.2. The van der Waals surface area contributed by atoms with Crippen LogP contribution in [0.4, 0.5) is 13.2 Å². The van der Waals surface area contributed by atoms with E-state index in [1.165, 1.54) is 12.1 Å². The minimum absolute atomic E-state index is 0.0381. The molecule has 0 bridgehead atoms. The van der Waals surface area contributed by atoms with Gasteiger partial charge < -0.3 is 4.52 Å². The molecule has 0 aliphatic heterocycles. The van der Waals surface area contributed by atoms with E-state index in [-0.39, 0.29) is 28.9 Å². The summed E-state index contributed by atoms with van der Waals surface area (Å²) in [7, 11) is 1.89. The van der Waals surface area contributed by atoms with Crippen molar-refractivity contribution < 1.29 is 17.7 Å². The van der Waals surface area contributed by atoms with Gasteiger partial charge in [-0.15, -0.1) is 6.58 Å². The molecule has 30 heavy (non-hydrogen) atoms. The van der Waals surface area contributed by atoms with Crippen LogP contribution < -0.4 is 0 Å². The van der Waals surface area contributed by atoms with E-state index in [0.717, 1.165) is 36.6 Å². The molecule has 1 aromatic carbocycles. The second kappa shape index (κ2) is 7.11. The lowest BCUT2D eigenvalue weighted by molar-refractivity contribution is -0.138. The van der Waals surface area contributed by atoms with Crippen molar-refractivity contribution in [3.8, 4) is 23.0 Å². The highest BCUT2D eigenvalue weighted by Crippen LogP contribution is 2.39. The van der Waals surface area contributed by atoms with Crippen LogP contribution in [0.3, 0.4) is 0 Å². The van der Waals surface area contributed by atoms with Crippen molar-refractivity contribution in [2.24, 2.45) is 12.5 Å². The Morgan fingerprint density at radius 1 is 1.30 bits per heavy atom. The number of nitrogens with zero attached hydrogens (tertiary/aromatic N) is 4. The van der Waals surface area contributed by atoms with Gasteiger partial charge in [0, 0.05) is 23.9 Å². The molecule has 3 aromatic rings. The van der Waals surface area contributed by atoms with Gasteiger partial charge >= 0.3 is 6.18 Å².